The van der Waals surface area contributed by atoms with Crippen LogP contribution in [0.3, 0.4) is 0 Å². The van der Waals surface area contributed by atoms with Crippen LogP contribution in [0.4, 0.5) is 11.4 Å². The molecule has 2 amide bonds. The Labute approximate surface area is 167 Å². The fraction of sp³-hybridized carbons (Fsp3) is 0.190. The van der Waals surface area contributed by atoms with Gasteiger partial charge in [0.25, 0.3) is 5.91 Å². The molecule has 28 heavy (non-hydrogen) atoms. The number of amides is 2. The molecule has 1 fully saturated rings. The topological polar surface area (TPSA) is 75.4 Å². The molecule has 142 valence electrons. The molecule has 0 unspecified atom stereocenters. The standard InChI is InChI=1S/C21H18ClN3O3/c1-13-4-6-14(7-5-13)17-12-19(28-24-17)21(27)23-15-8-9-18(16(22)11-15)25-10-2-3-20(25)26/h4-9,11-12H,2-3,10H2,1H3,(H,23,27). The Kier molecular flexibility index (Phi) is 4.88. The molecule has 7 heteroatoms. The molecule has 0 radical (unpaired) electrons. The smallest absolute Gasteiger partial charge is 0.294 e. The van der Waals surface area contributed by atoms with Gasteiger partial charge in [0.15, 0.2) is 0 Å². The Hall–Kier alpha value is -3.12. The Bertz CT molecular complexity index is 1040. The van der Waals surface area contributed by atoms with Gasteiger partial charge in [-0.25, -0.2) is 0 Å². The number of aryl methyl sites for hydroxylation is 1. The lowest BCUT2D eigenvalue weighted by atomic mass is 10.1. The third-order valence-electron chi connectivity index (χ3n) is 4.65. The first-order valence-corrected chi connectivity index (χ1v) is 9.34. The summed E-state index contributed by atoms with van der Waals surface area (Å²) in [6, 6.07) is 14.5. The number of carbonyl (C=O) groups is 2. The van der Waals surface area contributed by atoms with Gasteiger partial charge in [0.1, 0.15) is 5.69 Å². The summed E-state index contributed by atoms with van der Waals surface area (Å²) in [6.45, 7) is 2.66. The number of aromatic nitrogens is 1. The van der Waals surface area contributed by atoms with Crippen LogP contribution in [0.15, 0.2) is 53.1 Å². The molecule has 3 aromatic rings. The molecule has 0 aliphatic carbocycles. The van der Waals surface area contributed by atoms with Gasteiger partial charge < -0.3 is 14.7 Å². The molecule has 6 nitrogen and oxygen atoms in total. The van der Waals surface area contributed by atoms with Crippen molar-refractivity contribution in [2.45, 2.75) is 19.8 Å². The van der Waals surface area contributed by atoms with E-state index in [1.807, 2.05) is 31.2 Å². The Morgan fingerprint density at radius 3 is 2.64 bits per heavy atom. The highest BCUT2D eigenvalue weighted by molar-refractivity contribution is 6.34. The summed E-state index contributed by atoms with van der Waals surface area (Å²) in [5.41, 5.74) is 3.77. The van der Waals surface area contributed by atoms with Gasteiger partial charge in [-0.3, -0.25) is 9.59 Å². The average molecular weight is 396 g/mol. The Morgan fingerprint density at radius 2 is 1.96 bits per heavy atom. The van der Waals surface area contributed by atoms with Gasteiger partial charge in [0, 0.05) is 30.3 Å². The van der Waals surface area contributed by atoms with Gasteiger partial charge in [-0.15, -0.1) is 0 Å². The van der Waals surface area contributed by atoms with Gasteiger partial charge in [0.05, 0.1) is 10.7 Å². The van der Waals surface area contributed by atoms with E-state index in [-0.39, 0.29) is 11.7 Å². The lowest BCUT2D eigenvalue weighted by Gasteiger charge is -2.17. The minimum atomic E-state index is -0.424. The molecule has 1 N–H and O–H groups in total. The van der Waals surface area contributed by atoms with Crippen LogP contribution >= 0.6 is 11.6 Å². The number of nitrogens with zero attached hydrogens (tertiary/aromatic N) is 2. The lowest BCUT2D eigenvalue weighted by molar-refractivity contribution is -0.117. The van der Waals surface area contributed by atoms with Crippen molar-refractivity contribution < 1.29 is 14.1 Å². The van der Waals surface area contributed by atoms with E-state index >= 15 is 0 Å². The summed E-state index contributed by atoms with van der Waals surface area (Å²) in [5.74, 6) is -0.263. The predicted octanol–water partition coefficient (Wildman–Crippen LogP) is 4.68. The van der Waals surface area contributed by atoms with Crippen LogP contribution in [-0.2, 0) is 4.79 Å². The maximum atomic E-state index is 12.5. The minimum absolute atomic E-state index is 0.0592. The second kappa shape index (κ2) is 7.48. The summed E-state index contributed by atoms with van der Waals surface area (Å²) >= 11 is 6.32. The predicted molar refractivity (Wildman–Crippen MR) is 108 cm³/mol. The van der Waals surface area contributed by atoms with E-state index in [0.29, 0.717) is 35.1 Å². The highest BCUT2D eigenvalue weighted by Gasteiger charge is 2.24. The number of benzene rings is 2. The number of hydrogen-bond donors (Lipinski definition) is 1. The van der Waals surface area contributed by atoms with Crippen molar-refractivity contribution in [3.8, 4) is 11.3 Å². The molecule has 4 rings (SSSR count). The van der Waals surface area contributed by atoms with Crippen LogP contribution in [-0.4, -0.2) is 23.5 Å². The molecule has 2 heterocycles. The van der Waals surface area contributed by atoms with E-state index in [0.717, 1.165) is 17.5 Å². The third kappa shape index (κ3) is 3.64. The molecule has 0 saturated carbocycles. The van der Waals surface area contributed by atoms with E-state index in [1.54, 1.807) is 29.2 Å². The van der Waals surface area contributed by atoms with E-state index in [9.17, 15) is 9.59 Å². The number of carbonyl (C=O) groups excluding carboxylic acids is 2. The van der Waals surface area contributed by atoms with Gasteiger partial charge in [-0.2, -0.15) is 0 Å². The van der Waals surface area contributed by atoms with Crippen LogP contribution < -0.4 is 10.2 Å². The average Bonchev–Trinajstić information content (AvgIpc) is 3.32. The van der Waals surface area contributed by atoms with Crippen LogP contribution in [0.5, 0.6) is 0 Å². The van der Waals surface area contributed by atoms with Crippen LogP contribution in [0.1, 0.15) is 29.0 Å². The highest BCUT2D eigenvalue weighted by atomic mass is 35.5. The molecule has 1 aliphatic rings. The summed E-state index contributed by atoms with van der Waals surface area (Å²) in [6.07, 6.45) is 1.35. The van der Waals surface area contributed by atoms with Crippen molar-refractivity contribution in [1.29, 1.82) is 0 Å². The quantitative estimate of drug-likeness (QED) is 0.695. The SMILES string of the molecule is Cc1ccc(-c2cc(C(=O)Nc3ccc(N4CCCC4=O)c(Cl)c3)on2)cc1. The summed E-state index contributed by atoms with van der Waals surface area (Å²) < 4.78 is 5.18. The molecule has 0 atom stereocenters. The Morgan fingerprint density at radius 1 is 1.18 bits per heavy atom. The summed E-state index contributed by atoms with van der Waals surface area (Å²) in [7, 11) is 0. The Balaban J connectivity index is 1.49. The molecule has 1 aromatic heterocycles. The second-order valence-electron chi connectivity index (χ2n) is 6.71. The van der Waals surface area contributed by atoms with E-state index < -0.39 is 5.91 Å². The summed E-state index contributed by atoms with van der Waals surface area (Å²) in [4.78, 5) is 26.0. The zero-order valence-electron chi connectivity index (χ0n) is 15.2. The van der Waals surface area contributed by atoms with E-state index in [1.165, 1.54) is 0 Å². The number of hydrogen-bond acceptors (Lipinski definition) is 4. The van der Waals surface area contributed by atoms with Gasteiger partial charge in [-0.1, -0.05) is 46.6 Å². The molecular weight excluding hydrogens is 378 g/mol. The molecule has 1 saturated heterocycles. The summed E-state index contributed by atoms with van der Waals surface area (Å²) in [5, 5.41) is 7.11. The minimum Gasteiger partial charge on any atom is -0.350 e. The van der Waals surface area contributed by atoms with Gasteiger partial charge >= 0.3 is 0 Å². The number of rotatable bonds is 4. The van der Waals surface area contributed by atoms with E-state index in [4.69, 9.17) is 16.1 Å². The highest BCUT2D eigenvalue weighted by Crippen LogP contribution is 2.32. The first-order valence-electron chi connectivity index (χ1n) is 8.96. The first-order chi connectivity index (χ1) is 13.5. The largest absolute Gasteiger partial charge is 0.350 e. The number of halogens is 1. The van der Waals surface area contributed by atoms with Crippen molar-refractivity contribution in [1.82, 2.24) is 5.16 Å². The normalized spacial score (nSPS) is 13.8. The molecule has 0 bridgehead atoms. The maximum Gasteiger partial charge on any atom is 0.294 e. The van der Waals surface area contributed by atoms with Crippen molar-refractivity contribution >= 4 is 34.8 Å². The molecular formula is C21H18ClN3O3. The maximum absolute atomic E-state index is 12.5. The number of anilines is 2. The van der Waals surface area contributed by atoms with Crippen molar-refractivity contribution in [2.75, 3.05) is 16.8 Å². The van der Waals surface area contributed by atoms with Crippen molar-refractivity contribution in [2.24, 2.45) is 0 Å². The monoisotopic (exact) mass is 395 g/mol. The van der Waals surface area contributed by atoms with Crippen LogP contribution in [0.2, 0.25) is 5.02 Å². The lowest BCUT2D eigenvalue weighted by Crippen LogP contribution is -2.24. The first kappa shape index (κ1) is 18.3. The van der Waals surface area contributed by atoms with Gasteiger partial charge in [-0.05, 0) is 31.5 Å². The number of nitrogens with one attached hydrogen (secondary N) is 1. The van der Waals surface area contributed by atoms with E-state index in [2.05, 4.69) is 10.5 Å². The fourth-order valence-electron chi connectivity index (χ4n) is 3.14. The fourth-order valence-corrected chi connectivity index (χ4v) is 3.42. The molecule has 1 aliphatic heterocycles. The van der Waals surface area contributed by atoms with Crippen LogP contribution in [0.25, 0.3) is 11.3 Å². The van der Waals surface area contributed by atoms with Gasteiger partial charge in [0.2, 0.25) is 11.7 Å². The zero-order valence-corrected chi connectivity index (χ0v) is 16.0. The van der Waals surface area contributed by atoms with Crippen LogP contribution in [0, 0.1) is 6.92 Å². The molecule has 2 aromatic carbocycles. The second-order valence-corrected chi connectivity index (χ2v) is 7.12. The van der Waals surface area contributed by atoms with Crippen molar-refractivity contribution in [3.63, 3.8) is 0 Å². The third-order valence-corrected chi connectivity index (χ3v) is 4.95. The van der Waals surface area contributed by atoms with Crippen molar-refractivity contribution in [3.05, 3.63) is 64.9 Å². The zero-order chi connectivity index (χ0) is 19.7. The molecule has 0 spiro atoms.